The molecule has 0 fully saturated rings. The lowest BCUT2D eigenvalue weighted by Gasteiger charge is -2.18. The van der Waals surface area contributed by atoms with E-state index in [-0.39, 0.29) is 0 Å². The van der Waals surface area contributed by atoms with Crippen LogP contribution in [0.5, 0.6) is 0 Å². The first-order valence-electron chi connectivity index (χ1n) is 5.74. The second-order valence-electron chi connectivity index (χ2n) is 4.13. The van der Waals surface area contributed by atoms with E-state index >= 15 is 0 Å². The second kappa shape index (κ2) is 6.67. The van der Waals surface area contributed by atoms with E-state index in [1.165, 1.54) is 10.5 Å². The summed E-state index contributed by atoms with van der Waals surface area (Å²) in [7, 11) is 0. The van der Waals surface area contributed by atoms with Crippen molar-refractivity contribution in [2.45, 2.75) is 43.9 Å². The summed E-state index contributed by atoms with van der Waals surface area (Å²) in [5, 5.41) is 4.08. The molecule has 16 heavy (non-hydrogen) atoms. The predicted octanol–water partition coefficient (Wildman–Crippen LogP) is 4.62. The summed E-state index contributed by atoms with van der Waals surface area (Å²) in [6, 6.07) is 6.96. The molecule has 1 aromatic carbocycles. The van der Waals surface area contributed by atoms with Gasteiger partial charge in [0.05, 0.1) is 0 Å². The van der Waals surface area contributed by atoms with E-state index in [9.17, 15) is 0 Å². The number of benzene rings is 1. The average molecular weight is 302 g/mol. The van der Waals surface area contributed by atoms with Crippen LogP contribution in [0, 0.1) is 0 Å². The summed E-state index contributed by atoms with van der Waals surface area (Å²) in [4.78, 5) is 1.37. The highest BCUT2D eigenvalue weighted by molar-refractivity contribution is 9.10. The van der Waals surface area contributed by atoms with Gasteiger partial charge in [-0.2, -0.15) is 0 Å². The van der Waals surface area contributed by atoms with Crippen LogP contribution < -0.4 is 5.32 Å². The molecule has 1 N–H and O–H groups in total. The molecular formula is C13H20BrNS. The van der Waals surface area contributed by atoms with Crippen molar-refractivity contribution in [3.05, 3.63) is 28.2 Å². The third kappa shape index (κ3) is 4.11. The molecule has 1 unspecified atom stereocenters. The summed E-state index contributed by atoms with van der Waals surface area (Å²) in [6.07, 6.45) is 0. The summed E-state index contributed by atoms with van der Waals surface area (Å²) in [5.41, 5.74) is 1.39. The molecule has 0 aliphatic rings. The molecule has 0 aromatic heterocycles. The third-order valence-electron chi connectivity index (χ3n) is 2.32. The van der Waals surface area contributed by atoms with Crippen LogP contribution in [0.25, 0.3) is 0 Å². The normalized spacial score (nSPS) is 13.1. The van der Waals surface area contributed by atoms with E-state index in [4.69, 9.17) is 0 Å². The minimum absolute atomic E-state index is 0.416. The fourth-order valence-electron chi connectivity index (χ4n) is 1.64. The van der Waals surface area contributed by atoms with Gasteiger partial charge in [0, 0.05) is 20.7 Å². The Labute approximate surface area is 112 Å². The van der Waals surface area contributed by atoms with Crippen LogP contribution in [0.1, 0.15) is 39.3 Å². The van der Waals surface area contributed by atoms with Crippen LogP contribution in [0.3, 0.4) is 0 Å². The van der Waals surface area contributed by atoms with Gasteiger partial charge in [-0.3, -0.25) is 0 Å². The lowest BCUT2D eigenvalue weighted by Crippen LogP contribution is -2.18. The number of hydrogen-bond acceptors (Lipinski definition) is 2. The van der Waals surface area contributed by atoms with Crippen LogP contribution in [0.15, 0.2) is 27.6 Å². The number of hydrogen-bond donors (Lipinski definition) is 1. The third-order valence-corrected chi connectivity index (χ3v) is 3.89. The van der Waals surface area contributed by atoms with E-state index in [1.807, 2.05) is 11.8 Å². The highest BCUT2D eigenvalue weighted by Crippen LogP contribution is 2.32. The molecule has 0 amide bonds. The summed E-state index contributed by atoms with van der Waals surface area (Å²) >= 11 is 5.46. The van der Waals surface area contributed by atoms with Crippen molar-refractivity contribution in [3.63, 3.8) is 0 Å². The molecule has 3 heteroatoms. The molecule has 0 spiro atoms. The van der Waals surface area contributed by atoms with Gasteiger partial charge in [-0.1, -0.05) is 42.8 Å². The SMILES string of the molecule is CCNC(C)c1ccc(Br)cc1SC(C)C. The van der Waals surface area contributed by atoms with Gasteiger partial charge in [0.2, 0.25) is 0 Å². The molecule has 90 valence electrons. The molecule has 0 saturated heterocycles. The maximum Gasteiger partial charge on any atom is 0.0302 e. The zero-order chi connectivity index (χ0) is 12.1. The molecule has 1 atom stereocenters. The maximum atomic E-state index is 3.54. The van der Waals surface area contributed by atoms with Gasteiger partial charge in [0.1, 0.15) is 0 Å². The lowest BCUT2D eigenvalue weighted by molar-refractivity contribution is 0.589. The largest absolute Gasteiger partial charge is 0.310 e. The van der Waals surface area contributed by atoms with Crippen molar-refractivity contribution in [2.75, 3.05) is 6.54 Å². The molecular weight excluding hydrogens is 282 g/mol. The average Bonchev–Trinajstić information content (AvgIpc) is 2.16. The van der Waals surface area contributed by atoms with Crippen molar-refractivity contribution < 1.29 is 0 Å². The molecule has 0 heterocycles. The van der Waals surface area contributed by atoms with Gasteiger partial charge < -0.3 is 5.32 Å². The van der Waals surface area contributed by atoms with Gasteiger partial charge >= 0.3 is 0 Å². The van der Waals surface area contributed by atoms with Crippen LogP contribution in [0.2, 0.25) is 0 Å². The van der Waals surface area contributed by atoms with E-state index in [0.717, 1.165) is 11.0 Å². The summed E-state index contributed by atoms with van der Waals surface area (Å²) < 4.78 is 1.16. The highest BCUT2D eigenvalue weighted by Gasteiger charge is 2.11. The van der Waals surface area contributed by atoms with Crippen LogP contribution in [0.4, 0.5) is 0 Å². The molecule has 1 aromatic rings. The topological polar surface area (TPSA) is 12.0 Å². The first-order chi connectivity index (χ1) is 7.54. The first kappa shape index (κ1) is 14.1. The van der Waals surface area contributed by atoms with Crippen molar-refractivity contribution >= 4 is 27.7 Å². The van der Waals surface area contributed by atoms with Crippen molar-refractivity contribution in [1.29, 1.82) is 0 Å². The van der Waals surface area contributed by atoms with Gasteiger partial charge in [0.15, 0.2) is 0 Å². The van der Waals surface area contributed by atoms with Crippen molar-refractivity contribution in [2.24, 2.45) is 0 Å². The zero-order valence-corrected chi connectivity index (χ0v) is 12.8. The fraction of sp³-hybridized carbons (Fsp3) is 0.538. The Morgan fingerprint density at radius 3 is 2.56 bits per heavy atom. The van der Waals surface area contributed by atoms with Gasteiger partial charge in [-0.05, 0) is 31.2 Å². The Morgan fingerprint density at radius 2 is 2.00 bits per heavy atom. The Kier molecular flexibility index (Phi) is 5.87. The summed E-state index contributed by atoms with van der Waals surface area (Å²) in [6.45, 7) is 9.82. The molecule has 1 nitrogen and oxygen atoms in total. The van der Waals surface area contributed by atoms with Crippen LogP contribution >= 0.6 is 27.7 Å². The Balaban J connectivity index is 2.97. The number of halogens is 1. The zero-order valence-electron chi connectivity index (χ0n) is 10.4. The molecule has 0 saturated carbocycles. The van der Waals surface area contributed by atoms with Crippen LogP contribution in [-0.2, 0) is 0 Å². The van der Waals surface area contributed by atoms with E-state index in [2.05, 4.69) is 67.1 Å². The van der Waals surface area contributed by atoms with Crippen molar-refractivity contribution in [1.82, 2.24) is 5.32 Å². The molecule has 0 bridgehead atoms. The number of nitrogens with one attached hydrogen (secondary N) is 1. The van der Waals surface area contributed by atoms with Gasteiger partial charge in [-0.25, -0.2) is 0 Å². The minimum atomic E-state index is 0.416. The molecule has 0 aliphatic carbocycles. The highest BCUT2D eigenvalue weighted by atomic mass is 79.9. The standard InChI is InChI=1S/C13H20BrNS/c1-5-15-10(4)12-7-6-11(14)8-13(12)16-9(2)3/h6-10,15H,5H2,1-4H3. The van der Waals surface area contributed by atoms with E-state index in [1.54, 1.807) is 0 Å². The first-order valence-corrected chi connectivity index (χ1v) is 7.41. The maximum absolute atomic E-state index is 3.54. The Hall–Kier alpha value is 0.01000. The second-order valence-corrected chi connectivity index (χ2v) is 6.66. The van der Waals surface area contributed by atoms with Gasteiger partial charge in [-0.15, -0.1) is 11.8 Å². The number of rotatable bonds is 5. The van der Waals surface area contributed by atoms with Crippen LogP contribution in [-0.4, -0.2) is 11.8 Å². The van der Waals surface area contributed by atoms with Gasteiger partial charge in [0.25, 0.3) is 0 Å². The Bertz CT molecular complexity index is 339. The molecule has 0 aliphatic heterocycles. The smallest absolute Gasteiger partial charge is 0.0302 e. The summed E-state index contributed by atoms with van der Waals surface area (Å²) in [5.74, 6) is 0. The Morgan fingerprint density at radius 1 is 1.31 bits per heavy atom. The van der Waals surface area contributed by atoms with Crippen molar-refractivity contribution in [3.8, 4) is 0 Å². The quantitative estimate of drug-likeness (QED) is 0.797. The fourth-order valence-corrected chi connectivity index (χ4v) is 3.23. The monoisotopic (exact) mass is 301 g/mol. The van der Waals surface area contributed by atoms with E-state index < -0.39 is 0 Å². The van der Waals surface area contributed by atoms with E-state index in [0.29, 0.717) is 11.3 Å². The molecule has 0 radical (unpaired) electrons. The molecule has 1 rings (SSSR count). The number of thioether (sulfide) groups is 1. The minimum Gasteiger partial charge on any atom is -0.310 e. The predicted molar refractivity (Wildman–Crippen MR) is 77.2 cm³/mol. The lowest BCUT2D eigenvalue weighted by atomic mass is 10.1.